The van der Waals surface area contributed by atoms with Crippen molar-refractivity contribution in [2.45, 2.75) is 53.4 Å². The lowest BCUT2D eigenvalue weighted by atomic mass is 10.1. The molecule has 0 atom stereocenters. The molecule has 1 heterocycles. The number of nitrogens with zero attached hydrogens (tertiary/aromatic N) is 1. The molecule has 4 rings (SSSR count). The zero-order valence-electron chi connectivity index (χ0n) is 16.8. The van der Waals surface area contributed by atoms with Gasteiger partial charge in [0, 0.05) is 12.0 Å². The molecular weight excluding hydrogens is 334 g/mol. The van der Waals surface area contributed by atoms with Crippen LogP contribution in [0.15, 0.2) is 46.9 Å². The molecule has 3 heteroatoms. The molecule has 0 unspecified atom stereocenters. The molecule has 0 spiro atoms. The first-order valence-corrected chi connectivity index (χ1v) is 9.97. The van der Waals surface area contributed by atoms with Crippen molar-refractivity contribution in [1.82, 2.24) is 4.98 Å². The highest BCUT2D eigenvalue weighted by atomic mass is 16.5. The van der Waals surface area contributed by atoms with Crippen LogP contribution in [0.5, 0.6) is 5.75 Å². The van der Waals surface area contributed by atoms with Crippen molar-refractivity contribution in [3.63, 3.8) is 0 Å². The third-order valence-corrected chi connectivity index (χ3v) is 4.87. The fraction of sp³-hybridized carbons (Fsp3) is 0.375. The van der Waals surface area contributed by atoms with Crippen LogP contribution < -0.4 is 4.74 Å². The minimum atomic E-state index is 0.611. The predicted molar refractivity (Wildman–Crippen MR) is 110 cm³/mol. The van der Waals surface area contributed by atoms with Gasteiger partial charge in [0.1, 0.15) is 11.5 Å². The number of oxazole rings is 1. The van der Waals surface area contributed by atoms with Gasteiger partial charge in [-0.2, -0.15) is 0 Å². The summed E-state index contributed by atoms with van der Waals surface area (Å²) < 4.78 is 11.8. The van der Waals surface area contributed by atoms with Crippen LogP contribution in [-0.4, -0.2) is 11.6 Å². The van der Waals surface area contributed by atoms with Crippen LogP contribution in [0.3, 0.4) is 0 Å². The zero-order valence-corrected chi connectivity index (χ0v) is 16.8. The third kappa shape index (κ3) is 4.60. The Bertz CT molecular complexity index is 878. The maximum absolute atomic E-state index is 5.94. The van der Waals surface area contributed by atoms with Crippen LogP contribution in [0.2, 0.25) is 0 Å². The second-order valence-electron chi connectivity index (χ2n) is 6.77. The lowest BCUT2D eigenvalue weighted by Crippen LogP contribution is -2.03. The standard InChI is InChI=1S/C22H23NO2.C2H6/c1-15-6-8-18(9-7-15)22-23-21(16(2)25-22)12-13-24-20-11-10-17-4-3-5-19(17)14-20;1-2/h6-11,14H,3-5,12-13H2,1-2H3;1-2H3. The summed E-state index contributed by atoms with van der Waals surface area (Å²) in [5.74, 6) is 2.51. The van der Waals surface area contributed by atoms with Gasteiger partial charge in [0.2, 0.25) is 5.89 Å². The summed E-state index contributed by atoms with van der Waals surface area (Å²) in [7, 11) is 0. The highest BCUT2D eigenvalue weighted by molar-refractivity contribution is 5.54. The van der Waals surface area contributed by atoms with E-state index < -0.39 is 0 Å². The van der Waals surface area contributed by atoms with Crippen molar-refractivity contribution < 1.29 is 9.15 Å². The molecule has 0 saturated carbocycles. The molecule has 0 radical (unpaired) electrons. The molecule has 1 aliphatic carbocycles. The number of aromatic nitrogens is 1. The Morgan fingerprint density at radius 1 is 0.963 bits per heavy atom. The summed E-state index contributed by atoms with van der Waals surface area (Å²) in [6.45, 7) is 8.65. The van der Waals surface area contributed by atoms with Gasteiger partial charge in [-0.25, -0.2) is 4.98 Å². The molecule has 0 aliphatic heterocycles. The summed E-state index contributed by atoms with van der Waals surface area (Å²) in [5.41, 5.74) is 6.13. The fourth-order valence-corrected chi connectivity index (χ4v) is 3.38. The monoisotopic (exact) mass is 363 g/mol. The molecular formula is C24H29NO2. The molecule has 0 bridgehead atoms. The van der Waals surface area contributed by atoms with Crippen molar-refractivity contribution in [2.75, 3.05) is 6.61 Å². The lowest BCUT2D eigenvalue weighted by molar-refractivity contribution is 0.319. The van der Waals surface area contributed by atoms with Crippen molar-refractivity contribution in [2.24, 2.45) is 0 Å². The van der Waals surface area contributed by atoms with Crippen LogP contribution in [-0.2, 0) is 19.3 Å². The normalized spacial score (nSPS) is 12.3. The Kier molecular flexibility index (Phi) is 6.33. The second kappa shape index (κ2) is 8.90. The summed E-state index contributed by atoms with van der Waals surface area (Å²) in [6, 6.07) is 14.7. The van der Waals surface area contributed by atoms with Gasteiger partial charge >= 0.3 is 0 Å². The number of ether oxygens (including phenoxy) is 1. The van der Waals surface area contributed by atoms with Gasteiger partial charge in [-0.3, -0.25) is 0 Å². The van der Waals surface area contributed by atoms with Crippen LogP contribution in [0.25, 0.3) is 11.5 Å². The summed E-state index contributed by atoms with van der Waals surface area (Å²) in [4.78, 5) is 4.65. The van der Waals surface area contributed by atoms with Crippen molar-refractivity contribution in [1.29, 1.82) is 0 Å². The van der Waals surface area contributed by atoms with Gasteiger partial charge in [-0.15, -0.1) is 0 Å². The Hall–Kier alpha value is -2.55. The molecule has 142 valence electrons. The first-order valence-electron chi connectivity index (χ1n) is 9.97. The Balaban J connectivity index is 0.00000102. The molecule has 0 fully saturated rings. The number of aryl methyl sites for hydroxylation is 4. The van der Waals surface area contributed by atoms with E-state index in [2.05, 4.69) is 42.2 Å². The maximum atomic E-state index is 5.94. The Morgan fingerprint density at radius 3 is 2.48 bits per heavy atom. The van der Waals surface area contributed by atoms with E-state index >= 15 is 0 Å². The van der Waals surface area contributed by atoms with Gasteiger partial charge in [-0.1, -0.05) is 37.6 Å². The van der Waals surface area contributed by atoms with Crippen LogP contribution in [0.4, 0.5) is 0 Å². The van der Waals surface area contributed by atoms with Gasteiger partial charge in [0.25, 0.3) is 0 Å². The summed E-state index contributed by atoms with van der Waals surface area (Å²) >= 11 is 0. The molecule has 3 nitrogen and oxygen atoms in total. The van der Waals surface area contributed by atoms with Crippen molar-refractivity contribution >= 4 is 0 Å². The first-order chi connectivity index (χ1) is 13.2. The number of hydrogen-bond donors (Lipinski definition) is 0. The highest BCUT2D eigenvalue weighted by Crippen LogP contribution is 2.26. The van der Waals surface area contributed by atoms with E-state index in [9.17, 15) is 0 Å². The van der Waals surface area contributed by atoms with Crippen LogP contribution >= 0.6 is 0 Å². The second-order valence-corrected chi connectivity index (χ2v) is 6.77. The Labute approximate surface area is 162 Å². The van der Waals surface area contributed by atoms with E-state index in [1.54, 1.807) is 0 Å². The van der Waals surface area contributed by atoms with Gasteiger partial charge in [0.05, 0.1) is 12.3 Å². The molecule has 1 aromatic heterocycles. The van der Waals surface area contributed by atoms with Crippen molar-refractivity contribution in [3.8, 4) is 17.2 Å². The average molecular weight is 364 g/mol. The molecule has 0 amide bonds. The number of benzene rings is 2. The van der Waals surface area contributed by atoms with Crippen LogP contribution in [0, 0.1) is 13.8 Å². The van der Waals surface area contributed by atoms with Gasteiger partial charge < -0.3 is 9.15 Å². The summed E-state index contributed by atoms with van der Waals surface area (Å²) in [6.07, 6.45) is 4.39. The van der Waals surface area contributed by atoms with E-state index in [-0.39, 0.29) is 0 Å². The van der Waals surface area contributed by atoms with Gasteiger partial charge in [-0.05, 0) is 68.5 Å². The molecule has 2 aromatic carbocycles. The fourth-order valence-electron chi connectivity index (χ4n) is 3.38. The zero-order chi connectivity index (χ0) is 19.2. The first kappa shape index (κ1) is 19.2. The minimum absolute atomic E-state index is 0.611. The largest absolute Gasteiger partial charge is 0.493 e. The number of fused-ring (bicyclic) bond motifs is 1. The van der Waals surface area contributed by atoms with E-state index in [4.69, 9.17) is 9.15 Å². The predicted octanol–water partition coefficient (Wildman–Crippen LogP) is 6.09. The van der Waals surface area contributed by atoms with Gasteiger partial charge in [0.15, 0.2) is 0 Å². The third-order valence-electron chi connectivity index (χ3n) is 4.87. The smallest absolute Gasteiger partial charge is 0.226 e. The number of rotatable bonds is 5. The quantitative estimate of drug-likeness (QED) is 0.550. The molecule has 0 N–H and O–H groups in total. The topological polar surface area (TPSA) is 35.3 Å². The molecule has 27 heavy (non-hydrogen) atoms. The van der Waals surface area contributed by atoms with Crippen LogP contribution in [0.1, 0.15) is 48.4 Å². The van der Waals surface area contributed by atoms with Crippen molar-refractivity contribution in [3.05, 3.63) is 70.6 Å². The lowest BCUT2D eigenvalue weighted by Gasteiger charge is -2.07. The maximum Gasteiger partial charge on any atom is 0.226 e. The molecule has 0 saturated heterocycles. The average Bonchev–Trinajstić information content (AvgIpc) is 3.30. The van der Waals surface area contributed by atoms with E-state index in [0.29, 0.717) is 12.5 Å². The number of hydrogen-bond acceptors (Lipinski definition) is 3. The highest BCUT2D eigenvalue weighted by Gasteiger charge is 2.13. The van der Waals surface area contributed by atoms with E-state index in [0.717, 1.165) is 29.2 Å². The molecule has 1 aliphatic rings. The minimum Gasteiger partial charge on any atom is -0.493 e. The summed E-state index contributed by atoms with van der Waals surface area (Å²) in [5, 5.41) is 0. The van der Waals surface area contributed by atoms with E-state index in [1.165, 1.54) is 36.0 Å². The SMILES string of the molecule is CC.Cc1ccc(-c2nc(CCOc3ccc4c(c3)CCC4)c(C)o2)cc1. The van der Waals surface area contributed by atoms with E-state index in [1.807, 2.05) is 32.9 Å². The Morgan fingerprint density at radius 2 is 1.70 bits per heavy atom. The molecule has 3 aromatic rings.